The molecule has 0 saturated carbocycles. The zero-order valence-electron chi connectivity index (χ0n) is 14.1. The molecule has 7 nitrogen and oxygen atoms in total. The van der Waals surface area contributed by atoms with Crippen molar-refractivity contribution in [2.45, 2.75) is 12.8 Å². The molecule has 2 heterocycles. The maximum atomic E-state index is 12.6. The molecule has 1 atom stereocenters. The number of amides is 1. The molecular weight excluding hydrogens is 352 g/mol. The van der Waals surface area contributed by atoms with E-state index in [0.29, 0.717) is 11.6 Å². The molecule has 3 aromatic rings. The lowest BCUT2D eigenvalue weighted by molar-refractivity contribution is -0.140. The normalized spacial score (nSPS) is 11.9. The smallest absolute Gasteiger partial charge is 0.304 e. The quantitative estimate of drug-likeness (QED) is 0.666. The van der Waals surface area contributed by atoms with Gasteiger partial charge in [-0.1, -0.05) is 30.3 Å². The molecule has 0 fully saturated rings. The number of aromatic nitrogens is 3. The van der Waals surface area contributed by atoms with Gasteiger partial charge in [-0.15, -0.1) is 11.3 Å². The molecule has 0 aliphatic rings. The maximum Gasteiger partial charge on any atom is 0.304 e. The average Bonchev–Trinajstić information content (AvgIpc) is 3.23. The van der Waals surface area contributed by atoms with E-state index in [-0.39, 0.29) is 12.3 Å². The van der Waals surface area contributed by atoms with E-state index in [9.17, 15) is 9.59 Å². The van der Waals surface area contributed by atoms with Crippen molar-refractivity contribution in [3.63, 3.8) is 0 Å². The molecule has 0 radical (unpaired) electrons. The summed E-state index contributed by atoms with van der Waals surface area (Å²) in [6, 6.07) is 9.38. The van der Waals surface area contributed by atoms with Crippen molar-refractivity contribution in [3.05, 3.63) is 53.7 Å². The molecular formula is C18H18N4O3S. The number of carbonyl (C=O) groups excluding carboxylic acids is 1. The summed E-state index contributed by atoms with van der Waals surface area (Å²) in [4.78, 5) is 28.1. The number of carboxylic acids is 1. The summed E-state index contributed by atoms with van der Waals surface area (Å²) in [5.41, 5.74) is 2.50. The van der Waals surface area contributed by atoms with E-state index >= 15 is 0 Å². The summed E-state index contributed by atoms with van der Waals surface area (Å²) in [6.07, 6.45) is 3.66. The Balaban J connectivity index is 1.71. The Bertz CT molecular complexity index is 904. The first-order chi connectivity index (χ1) is 12.5. The van der Waals surface area contributed by atoms with Gasteiger partial charge >= 0.3 is 5.97 Å². The number of carbonyl (C=O) groups is 2. The van der Waals surface area contributed by atoms with Crippen LogP contribution in [-0.4, -0.2) is 31.7 Å². The number of thiazole rings is 1. The second kappa shape index (κ2) is 7.92. The Morgan fingerprint density at radius 3 is 2.73 bits per heavy atom. The summed E-state index contributed by atoms with van der Waals surface area (Å²) < 4.78 is 1.68. The van der Waals surface area contributed by atoms with Gasteiger partial charge in [0.2, 0.25) is 5.91 Å². The van der Waals surface area contributed by atoms with Crippen LogP contribution in [0.15, 0.2) is 48.1 Å². The number of nitrogens with zero attached hydrogens (tertiary/aromatic N) is 3. The van der Waals surface area contributed by atoms with Gasteiger partial charge in [-0.2, -0.15) is 5.10 Å². The second-order valence-electron chi connectivity index (χ2n) is 5.91. The van der Waals surface area contributed by atoms with E-state index in [0.717, 1.165) is 16.8 Å². The molecule has 1 amide bonds. The van der Waals surface area contributed by atoms with Crippen LogP contribution in [0.4, 0.5) is 5.13 Å². The van der Waals surface area contributed by atoms with E-state index in [2.05, 4.69) is 15.4 Å². The zero-order valence-corrected chi connectivity index (χ0v) is 14.9. The van der Waals surface area contributed by atoms with Crippen LogP contribution in [0.25, 0.3) is 11.3 Å². The number of anilines is 1. The van der Waals surface area contributed by atoms with E-state index < -0.39 is 11.9 Å². The summed E-state index contributed by atoms with van der Waals surface area (Å²) in [7, 11) is 1.82. The maximum absolute atomic E-state index is 12.6. The molecule has 8 heteroatoms. The average molecular weight is 370 g/mol. The van der Waals surface area contributed by atoms with Crippen LogP contribution < -0.4 is 5.32 Å². The minimum atomic E-state index is -1.00. The van der Waals surface area contributed by atoms with Crippen LogP contribution in [0.5, 0.6) is 0 Å². The van der Waals surface area contributed by atoms with Crippen molar-refractivity contribution in [2.24, 2.45) is 13.0 Å². The fraction of sp³-hybridized carbons (Fsp3) is 0.222. The molecule has 1 unspecified atom stereocenters. The van der Waals surface area contributed by atoms with Crippen LogP contribution in [0.2, 0.25) is 0 Å². The molecule has 0 aliphatic heterocycles. The minimum absolute atomic E-state index is 0.235. The lowest BCUT2D eigenvalue weighted by Crippen LogP contribution is -2.27. The van der Waals surface area contributed by atoms with E-state index in [1.165, 1.54) is 11.3 Å². The monoisotopic (exact) mass is 370 g/mol. The number of nitrogens with one attached hydrogen (secondary N) is 1. The van der Waals surface area contributed by atoms with Crippen LogP contribution in [-0.2, 0) is 23.1 Å². The second-order valence-corrected chi connectivity index (χ2v) is 6.77. The van der Waals surface area contributed by atoms with Crippen molar-refractivity contribution in [2.75, 3.05) is 5.32 Å². The lowest BCUT2D eigenvalue weighted by Gasteiger charge is -2.14. The molecule has 134 valence electrons. The molecule has 0 aliphatic carbocycles. The third-order valence-electron chi connectivity index (χ3n) is 3.85. The van der Waals surface area contributed by atoms with E-state index in [4.69, 9.17) is 5.11 Å². The van der Waals surface area contributed by atoms with Crippen LogP contribution in [0, 0.1) is 5.92 Å². The van der Waals surface area contributed by atoms with Gasteiger partial charge in [0.15, 0.2) is 5.13 Å². The number of aliphatic carboxylic acids is 1. The SMILES string of the molecule is Cn1cc(-c2csc(NC(=O)C(CC(=O)O)Cc3ccccc3)n2)cn1. The molecule has 0 bridgehead atoms. The number of hydrogen-bond donors (Lipinski definition) is 2. The van der Waals surface area contributed by atoms with Crippen molar-refractivity contribution in [3.8, 4) is 11.3 Å². The van der Waals surface area contributed by atoms with Gasteiger partial charge in [-0.25, -0.2) is 4.98 Å². The summed E-state index contributed by atoms with van der Waals surface area (Å²) in [5, 5.41) is 18.2. The lowest BCUT2D eigenvalue weighted by atomic mass is 9.95. The summed E-state index contributed by atoms with van der Waals surface area (Å²) >= 11 is 1.30. The van der Waals surface area contributed by atoms with Gasteiger partial charge in [0.1, 0.15) is 0 Å². The highest BCUT2D eigenvalue weighted by Crippen LogP contribution is 2.25. The predicted octanol–water partition coefficient (Wildman–Crippen LogP) is 2.82. The number of aryl methyl sites for hydroxylation is 1. The minimum Gasteiger partial charge on any atom is -0.481 e. The molecule has 0 spiro atoms. The highest BCUT2D eigenvalue weighted by Gasteiger charge is 2.23. The molecule has 26 heavy (non-hydrogen) atoms. The van der Waals surface area contributed by atoms with E-state index in [1.807, 2.05) is 49.0 Å². The van der Waals surface area contributed by atoms with Crippen LogP contribution in [0.1, 0.15) is 12.0 Å². The van der Waals surface area contributed by atoms with Crippen molar-refractivity contribution < 1.29 is 14.7 Å². The standard InChI is InChI=1S/C18H18N4O3S/c1-22-10-14(9-19-22)15-11-26-18(20-15)21-17(25)13(8-16(23)24)7-12-5-3-2-4-6-12/h2-6,9-11,13H,7-8H2,1H3,(H,23,24)(H,20,21,25). The van der Waals surface area contributed by atoms with Gasteiger partial charge < -0.3 is 10.4 Å². The first-order valence-corrected chi connectivity index (χ1v) is 8.90. The largest absolute Gasteiger partial charge is 0.481 e. The topological polar surface area (TPSA) is 97.1 Å². The van der Waals surface area contributed by atoms with Gasteiger partial charge in [0.05, 0.1) is 24.2 Å². The Labute approximate surface area is 154 Å². The number of carboxylic acid groups (broad SMARTS) is 1. The first-order valence-electron chi connectivity index (χ1n) is 8.02. The van der Waals surface area contributed by atoms with Crippen molar-refractivity contribution >= 4 is 28.3 Å². The zero-order chi connectivity index (χ0) is 18.5. The van der Waals surface area contributed by atoms with Crippen molar-refractivity contribution in [1.82, 2.24) is 14.8 Å². The van der Waals surface area contributed by atoms with Crippen LogP contribution in [0.3, 0.4) is 0 Å². The Hall–Kier alpha value is -3.00. The molecule has 1 aromatic carbocycles. The number of benzene rings is 1. The molecule has 0 saturated heterocycles. The van der Waals surface area contributed by atoms with Gasteiger partial charge in [-0.05, 0) is 12.0 Å². The third-order valence-corrected chi connectivity index (χ3v) is 4.61. The van der Waals surface area contributed by atoms with Crippen LogP contribution >= 0.6 is 11.3 Å². The van der Waals surface area contributed by atoms with Gasteiger partial charge in [0.25, 0.3) is 0 Å². The fourth-order valence-corrected chi connectivity index (χ4v) is 3.31. The molecule has 2 aromatic heterocycles. The molecule has 2 N–H and O–H groups in total. The Kier molecular flexibility index (Phi) is 5.43. The van der Waals surface area contributed by atoms with E-state index in [1.54, 1.807) is 10.9 Å². The van der Waals surface area contributed by atoms with Gasteiger partial charge in [-0.3, -0.25) is 14.3 Å². The highest BCUT2D eigenvalue weighted by atomic mass is 32.1. The van der Waals surface area contributed by atoms with Crippen molar-refractivity contribution in [1.29, 1.82) is 0 Å². The fourth-order valence-electron chi connectivity index (χ4n) is 2.59. The molecule has 3 rings (SSSR count). The predicted molar refractivity (Wildman–Crippen MR) is 98.8 cm³/mol. The number of rotatable bonds is 7. The Morgan fingerprint density at radius 1 is 1.31 bits per heavy atom. The number of hydrogen-bond acceptors (Lipinski definition) is 5. The Morgan fingerprint density at radius 2 is 2.08 bits per heavy atom. The van der Waals surface area contributed by atoms with Gasteiger partial charge in [0, 0.05) is 24.2 Å². The summed E-state index contributed by atoms with van der Waals surface area (Å²) in [5.74, 6) is -2.01. The first kappa shape index (κ1) is 17.8. The third kappa shape index (κ3) is 4.54. The highest BCUT2D eigenvalue weighted by molar-refractivity contribution is 7.14. The summed E-state index contributed by atoms with van der Waals surface area (Å²) in [6.45, 7) is 0.